The molecule has 1 unspecified atom stereocenters. The summed E-state index contributed by atoms with van der Waals surface area (Å²) in [6.45, 7) is 5.74. The summed E-state index contributed by atoms with van der Waals surface area (Å²) in [5.74, 6) is 0.157. The Hall–Kier alpha value is -1.01. The van der Waals surface area contributed by atoms with E-state index in [9.17, 15) is 9.59 Å². The highest BCUT2D eigenvalue weighted by Gasteiger charge is 2.30. The molecular weight excluding hydrogens is 304 g/mol. The molecule has 128 valence electrons. The monoisotopic (exact) mass is 332 g/mol. The minimum Gasteiger partial charge on any atom is -0.356 e. The topological polar surface area (TPSA) is 78.7 Å². The quantitative estimate of drug-likeness (QED) is 0.811. The fraction of sp³-hybridized carbons (Fsp3) is 0.867. The second-order valence-electron chi connectivity index (χ2n) is 6.30. The van der Waals surface area contributed by atoms with Crippen molar-refractivity contribution in [3.05, 3.63) is 0 Å². The van der Waals surface area contributed by atoms with E-state index in [2.05, 4.69) is 5.32 Å². The average Bonchev–Trinajstić information content (AvgIpc) is 3.00. The molecule has 2 heterocycles. The maximum absolute atomic E-state index is 12.3. The zero-order chi connectivity index (χ0) is 15.2. The third-order valence-electron chi connectivity index (χ3n) is 4.41. The number of amides is 3. The highest BCUT2D eigenvalue weighted by atomic mass is 35.5. The maximum Gasteiger partial charge on any atom is 0.319 e. The van der Waals surface area contributed by atoms with Crippen molar-refractivity contribution in [2.75, 3.05) is 32.7 Å². The zero-order valence-electron chi connectivity index (χ0n) is 13.4. The van der Waals surface area contributed by atoms with Crippen molar-refractivity contribution < 1.29 is 9.59 Å². The van der Waals surface area contributed by atoms with Crippen molar-refractivity contribution in [1.29, 1.82) is 0 Å². The number of likely N-dealkylation sites (tertiary alicyclic amines) is 2. The molecule has 1 atom stereocenters. The average molecular weight is 333 g/mol. The van der Waals surface area contributed by atoms with Crippen molar-refractivity contribution in [2.24, 2.45) is 11.7 Å². The van der Waals surface area contributed by atoms with Crippen LogP contribution in [0.1, 0.15) is 39.0 Å². The van der Waals surface area contributed by atoms with Crippen molar-refractivity contribution in [1.82, 2.24) is 15.1 Å². The lowest BCUT2D eigenvalue weighted by atomic mass is 9.96. The number of nitrogens with one attached hydrogen (secondary N) is 1. The number of halogens is 1. The summed E-state index contributed by atoms with van der Waals surface area (Å²) in [7, 11) is 0. The van der Waals surface area contributed by atoms with Crippen LogP contribution in [0, 0.1) is 5.92 Å². The third-order valence-corrected chi connectivity index (χ3v) is 4.41. The van der Waals surface area contributed by atoms with Gasteiger partial charge in [-0.05, 0) is 39.0 Å². The van der Waals surface area contributed by atoms with E-state index >= 15 is 0 Å². The summed E-state index contributed by atoms with van der Waals surface area (Å²) in [5.41, 5.74) is 5.67. The molecule has 0 saturated carbocycles. The van der Waals surface area contributed by atoms with Crippen molar-refractivity contribution in [2.45, 2.75) is 45.1 Å². The standard InChI is InChI=1S/C15H28N4O2.ClH/c1-12(16)4-7-17-14(20)13-5-10-19(11-6-13)15(21)18-8-2-3-9-18;/h12-13H,2-11,16H2,1H3,(H,17,20);1H. The Morgan fingerprint density at radius 3 is 2.23 bits per heavy atom. The molecule has 2 fully saturated rings. The van der Waals surface area contributed by atoms with Crippen LogP contribution in [0.25, 0.3) is 0 Å². The Bertz CT molecular complexity index is 365. The number of nitrogens with two attached hydrogens (primary N) is 1. The van der Waals surface area contributed by atoms with E-state index in [1.165, 1.54) is 0 Å². The second-order valence-corrected chi connectivity index (χ2v) is 6.30. The molecule has 0 aromatic rings. The van der Waals surface area contributed by atoms with Crippen molar-refractivity contribution in [3.63, 3.8) is 0 Å². The van der Waals surface area contributed by atoms with Gasteiger partial charge in [-0.15, -0.1) is 12.4 Å². The number of rotatable bonds is 4. The molecule has 6 nitrogen and oxygen atoms in total. The first-order valence-electron chi connectivity index (χ1n) is 8.15. The fourth-order valence-corrected chi connectivity index (χ4v) is 3.01. The molecular formula is C15H29ClN4O2. The number of hydrogen-bond donors (Lipinski definition) is 2. The molecule has 2 aliphatic rings. The number of nitrogens with zero attached hydrogens (tertiary/aromatic N) is 2. The summed E-state index contributed by atoms with van der Waals surface area (Å²) >= 11 is 0. The molecule has 3 N–H and O–H groups in total. The van der Waals surface area contributed by atoms with Crippen molar-refractivity contribution in [3.8, 4) is 0 Å². The third kappa shape index (κ3) is 5.32. The Kier molecular flexibility index (Phi) is 7.96. The largest absolute Gasteiger partial charge is 0.356 e. The zero-order valence-corrected chi connectivity index (χ0v) is 14.2. The van der Waals surface area contributed by atoms with Gasteiger partial charge < -0.3 is 20.9 Å². The number of hydrogen-bond acceptors (Lipinski definition) is 3. The Balaban J connectivity index is 0.00000242. The van der Waals surface area contributed by atoms with Crippen LogP contribution in [-0.2, 0) is 4.79 Å². The van der Waals surface area contributed by atoms with Crippen LogP contribution >= 0.6 is 12.4 Å². The maximum atomic E-state index is 12.3. The molecule has 2 rings (SSSR count). The van der Waals surface area contributed by atoms with Crippen LogP contribution in [0.4, 0.5) is 4.79 Å². The van der Waals surface area contributed by atoms with Gasteiger partial charge >= 0.3 is 6.03 Å². The van der Waals surface area contributed by atoms with Gasteiger partial charge in [-0.3, -0.25) is 4.79 Å². The van der Waals surface area contributed by atoms with E-state index in [1.54, 1.807) is 0 Å². The first kappa shape index (κ1) is 19.0. The molecule has 0 radical (unpaired) electrons. The number of urea groups is 1. The SMILES string of the molecule is CC(N)CCNC(=O)C1CCN(C(=O)N2CCCC2)CC1.Cl. The lowest BCUT2D eigenvalue weighted by Gasteiger charge is -2.34. The predicted molar refractivity (Wildman–Crippen MR) is 89.0 cm³/mol. The molecule has 0 bridgehead atoms. The minimum atomic E-state index is 0. The lowest BCUT2D eigenvalue weighted by molar-refractivity contribution is -0.126. The molecule has 0 spiro atoms. The van der Waals surface area contributed by atoms with Gasteiger partial charge in [0.2, 0.25) is 5.91 Å². The molecule has 0 aromatic carbocycles. The fourth-order valence-electron chi connectivity index (χ4n) is 3.01. The number of carbonyl (C=O) groups is 2. The molecule has 0 aromatic heterocycles. The van der Waals surface area contributed by atoms with Gasteiger partial charge in [-0.25, -0.2) is 4.79 Å². The van der Waals surface area contributed by atoms with Crippen LogP contribution in [0.3, 0.4) is 0 Å². The van der Waals surface area contributed by atoms with Crippen molar-refractivity contribution >= 4 is 24.3 Å². The normalized spacial score (nSPS) is 20.5. The highest BCUT2D eigenvalue weighted by molar-refractivity contribution is 5.85. The van der Waals surface area contributed by atoms with E-state index in [4.69, 9.17) is 5.73 Å². The first-order valence-corrected chi connectivity index (χ1v) is 8.15. The molecule has 2 saturated heterocycles. The second kappa shape index (κ2) is 9.20. The number of carbonyl (C=O) groups excluding carboxylic acids is 2. The van der Waals surface area contributed by atoms with E-state index in [1.807, 2.05) is 16.7 Å². The van der Waals surface area contributed by atoms with Crippen LogP contribution < -0.4 is 11.1 Å². The van der Waals surface area contributed by atoms with Gasteiger partial charge in [-0.1, -0.05) is 0 Å². The van der Waals surface area contributed by atoms with Gasteiger partial charge in [0.15, 0.2) is 0 Å². The molecule has 3 amide bonds. The van der Waals surface area contributed by atoms with Gasteiger partial charge in [0.1, 0.15) is 0 Å². The molecule has 0 aliphatic carbocycles. The highest BCUT2D eigenvalue weighted by Crippen LogP contribution is 2.20. The summed E-state index contributed by atoms with van der Waals surface area (Å²) in [6.07, 6.45) is 4.57. The van der Waals surface area contributed by atoms with Crippen LogP contribution in [0.15, 0.2) is 0 Å². The van der Waals surface area contributed by atoms with Gasteiger partial charge in [0.05, 0.1) is 0 Å². The molecule has 7 heteroatoms. The minimum absolute atomic E-state index is 0. The molecule has 2 aliphatic heterocycles. The lowest BCUT2D eigenvalue weighted by Crippen LogP contribution is -2.47. The Morgan fingerprint density at radius 2 is 1.68 bits per heavy atom. The van der Waals surface area contributed by atoms with E-state index in [0.717, 1.165) is 45.2 Å². The molecule has 22 heavy (non-hydrogen) atoms. The van der Waals surface area contributed by atoms with Gasteiger partial charge in [-0.2, -0.15) is 0 Å². The van der Waals surface area contributed by atoms with E-state index in [-0.39, 0.29) is 36.3 Å². The summed E-state index contributed by atoms with van der Waals surface area (Å²) in [6, 6.07) is 0.272. The smallest absolute Gasteiger partial charge is 0.319 e. The summed E-state index contributed by atoms with van der Waals surface area (Å²) in [5, 5.41) is 2.95. The van der Waals surface area contributed by atoms with Crippen LogP contribution in [0.2, 0.25) is 0 Å². The van der Waals surface area contributed by atoms with E-state index in [0.29, 0.717) is 19.6 Å². The first-order chi connectivity index (χ1) is 10.1. The Morgan fingerprint density at radius 1 is 1.14 bits per heavy atom. The van der Waals surface area contributed by atoms with Gasteiger partial charge in [0, 0.05) is 44.7 Å². The van der Waals surface area contributed by atoms with E-state index < -0.39 is 0 Å². The Labute approximate surface area is 139 Å². The van der Waals surface area contributed by atoms with Crippen LogP contribution in [0.5, 0.6) is 0 Å². The summed E-state index contributed by atoms with van der Waals surface area (Å²) < 4.78 is 0. The van der Waals surface area contributed by atoms with Crippen LogP contribution in [-0.4, -0.2) is 60.5 Å². The summed E-state index contributed by atoms with van der Waals surface area (Å²) in [4.78, 5) is 28.1. The predicted octanol–water partition coefficient (Wildman–Crippen LogP) is 1.19. The number of piperidine rings is 1. The van der Waals surface area contributed by atoms with Gasteiger partial charge in [0.25, 0.3) is 0 Å².